The van der Waals surface area contributed by atoms with E-state index in [0.29, 0.717) is 0 Å². The van der Waals surface area contributed by atoms with Gasteiger partial charge in [-0.1, -0.05) is 170 Å². The first-order valence-corrected chi connectivity index (χ1v) is 22.8. The molecule has 0 fully saturated rings. The van der Waals surface area contributed by atoms with E-state index in [4.69, 9.17) is 0 Å². The molecular formula is C52H31NO2P2. The van der Waals surface area contributed by atoms with Crippen molar-refractivity contribution in [1.29, 1.82) is 0 Å². The zero-order valence-corrected chi connectivity index (χ0v) is 32.3. The highest BCUT2D eigenvalue weighted by atomic mass is 31.2. The van der Waals surface area contributed by atoms with Crippen LogP contribution >= 0.6 is 14.3 Å². The second kappa shape index (κ2) is 11.1. The van der Waals surface area contributed by atoms with Gasteiger partial charge in [0, 0.05) is 64.5 Å². The molecule has 0 saturated heterocycles. The Hall–Kier alpha value is -6.50. The monoisotopic (exact) mass is 763 g/mol. The molecule has 0 bridgehead atoms. The van der Waals surface area contributed by atoms with Gasteiger partial charge < -0.3 is 13.7 Å². The Morgan fingerprint density at radius 3 is 1.09 bits per heavy atom. The normalized spacial score (nSPS) is 14.7. The van der Waals surface area contributed by atoms with Crippen LogP contribution in [0, 0.1) is 0 Å². The average Bonchev–Trinajstić information content (AvgIpc) is 3.84. The predicted octanol–water partition coefficient (Wildman–Crippen LogP) is 11.0. The summed E-state index contributed by atoms with van der Waals surface area (Å²) in [6.45, 7) is 0. The fourth-order valence-corrected chi connectivity index (χ4v) is 17.7. The zero-order chi connectivity index (χ0) is 37.6. The molecule has 0 radical (unpaired) electrons. The molecule has 2 aliphatic heterocycles. The molecule has 2 aliphatic rings. The van der Waals surface area contributed by atoms with Gasteiger partial charge in [-0.15, -0.1) is 0 Å². The van der Waals surface area contributed by atoms with Gasteiger partial charge in [0.15, 0.2) is 14.3 Å². The van der Waals surface area contributed by atoms with Crippen molar-refractivity contribution < 1.29 is 9.13 Å². The maximum absolute atomic E-state index is 17.0. The number of benzene rings is 10. The zero-order valence-electron chi connectivity index (χ0n) is 30.6. The molecule has 57 heavy (non-hydrogen) atoms. The van der Waals surface area contributed by atoms with E-state index < -0.39 is 14.3 Å². The van der Waals surface area contributed by atoms with Gasteiger partial charge in [0.2, 0.25) is 0 Å². The second-order valence-corrected chi connectivity index (χ2v) is 20.6. The van der Waals surface area contributed by atoms with E-state index in [-0.39, 0.29) is 0 Å². The van der Waals surface area contributed by atoms with Gasteiger partial charge in [-0.05, 0) is 50.5 Å². The highest BCUT2D eigenvalue weighted by Crippen LogP contribution is 2.63. The van der Waals surface area contributed by atoms with Gasteiger partial charge in [-0.3, -0.25) is 0 Å². The van der Waals surface area contributed by atoms with Crippen LogP contribution in [0.5, 0.6) is 0 Å². The molecule has 0 unspecified atom stereocenters. The summed E-state index contributed by atoms with van der Waals surface area (Å²) in [4.78, 5) is 0. The SMILES string of the molecule is O=P1(c2c3ccccc3cc3ccccc23)c2cccc3c2-c2c1cccc2P3(=O)c1c2ccccc2c(-n2c3ccccc3c3ccccc32)c2ccccc12. The summed E-state index contributed by atoms with van der Waals surface area (Å²) in [5.74, 6) is 0. The lowest BCUT2D eigenvalue weighted by Crippen LogP contribution is -2.29. The molecule has 0 atom stereocenters. The number of fused-ring (bicyclic) bond motifs is 7. The Morgan fingerprint density at radius 2 is 0.649 bits per heavy atom. The van der Waals surface area contributed by atoms with Crippen molar-refractivity contribution in [2.75, 3.05) is 0 Å². The van der Waals surface area contributed by atoms with Crippen molar-refractivity contribution in [1.82, 2.24) is 4.57 Å². The van der Waals surface area contributed by atoms with Crippen LogP contribution in [0.1, 0.15) is 0 Å². The van der Waals surface area contributed by atoms with Crippen molar-refractivity contribution in [3.05, 3.63) is 188 Å². The molecule has 11 aromatic rings. The fourth-order valence-electron chi connectivity index (χ4n) is 10.5. The van der Waals surface area contributed by atoms with Crippen molar-refractivity contribution in [2.45, 2.75) is 0 Å². The standard InChI is InChI=1S/C52H31NO2P2/c54-56(51-34-17-3-1-15-32(34)31-33-16-2-4-18-35(33)51)44-27-13-29-46-48(44)49-45(56)28-14-30-47(49)57(46,55)52-40-23-7-5-21-38(40)50(39-22-6-8-24-41(39)52)53-42-25-11-9-19-36(42)37-20-10-12-26-43(37)53/h1-31H. The first kappa shape index (κ1) is 31.7. The molecule has 0 spiro atoms. The molecule has 0 amide bonds. The maximum atomic E-state index is 17.0. The van der Waals surface area contributed by atoms with E-state index in [1.807, 2.05) is 60.7 Å². The minimum absolute atomic E-state index is 0.782. The largest absolute Gasteiger partial charge is 0.309 e. The third-order valence-corrected chi connectivity index (χ3v) is 19.1. The van der Waals surface area contributed by atoms with Crippen LogP contribution in [0.15, 0.2) is 188 Å². The van der Waals surface area contributed by atoms with Gasteiger partial charge in [0.05, 0.1) is 16.7 Å². The number of nitrogens with zero attached hydrogens (tertiary/aromatic N) is 1. The van der Waals surface area contributed by atoms with Gasteiger partial charge in [0.1, 0.15) is 0 Å². The molecule has 0 aliphatic carbocycles. The number of hydrogen-bond donors (Lipinski definition) is 0. The van der Waals surface area contributed by atoms with E-state index >= 15 is 9.13 Å². The number of hydrogen-bond acceptors (Lipinski definition) is 2. The molecule has 5 heteroatoms. The minimum atomic E-state index is -3.55. The van der Waals surface area contributed by atoms with Crippen LogP contribution in [0.3, 0.4) is 0 Å². The van der Waals surface area contributed by atoms with Gasteiger partial charge in [-0.25, -0.2) is 0 Å². The quantitative estimate of drug-likeness (QED) is 0.133. The number of para-hydroxylation sites is 2. The van der Waals surface area contributed by atoms with Gasteiger partial charge >= 0.3 is 0 Å². The van der Waals surface area contributed by atoms with E-state index in [2.05, 4.69) is 132 Å². The molecule has 3 nitrogen and oxygen atoms in total. The molecule has 13 rings (SSSR count). The van der Waals surface area contributed by atoms with Crippen LogP contribution < -0.4 is 31.8 Å². The third kappa shape index (κ3) is 3.80. The topological polar surface area (TPSA) is 39.1 Å². The first-order chi connectivity index (χ1) is 28.1. The van der Waals surface area contributed by atoms with Crippen LogP contribution in [-0.2, 0) is 9.13 Å². The Balaban J connectivity index is 1.15. The number of aromatic nitrogens is 1. The Bertz CT molecular complexity index is 3500. The van der Waals surface area contributed by atoms with Gasteiger partial charge in [0.25, 0.3) is 0 Å². The summed E-state index contributed by atoms with van der Waals surface area (Å²) in [7, 11) is -6.98. The summed E-state index contributed by atoms with van der Waals surface area (Å²) in [6, 6.07) is 65.2. The van der Waals surface area contributed by atoms with Crippen LogP contribution in [0.2, 0.25) is 0 Å². The Morgan fingerprint density at radius 1 is 0.316 bits per heavy atom. The van der Waals surface area contributed by atoms with Gasteiger partial charge in [-0.2, -0.15) is 0 Å². The molecule has 3 heterocycles. The Labute approximate surface area is 328 Å². The van der Waals surface area contributed by atoms with E-state index in [1.165, 1.54) is 10.8 Å². The predicted molar refractivity (Wildman–Crippen MR) is 242 cm³/mol. The summed E-state index contributed by atoms with van der Waals surface area (Å²) in [5.41, 5.74) is 5.13. The van der Waals surface area contributed by atoms with Crippen molar-refractivity contribution in [3.8, 4) is 16.8 Å². The second-order valence-electron chi connectivity index (χ2n) is 15.4. The lowest BCUT2D eigenvalue weighted by Gasteiger charge is -2.26. The minimum Gasteiger partial charge on any atom is -0.309 e. The molecular weight excluding hydrogens is 733 g/mol. The highest BCUT2D eigenvalue weighted by molar-refractivity contribution is 7.90. The summed E-state index contributed by atoms with van der Waals surface area (Å²) in [5, 5.41) is 15.4. The number of rotatable bonds is 3. The summed E-state index contributed by atoms with van der Waals surface area (Å²) < 4.78 is 35.9. The van der Waals surface area contributed by atoms with Crippen molar-refractivity contribution >= 4 is 111 Å². The van der Waals surface area contributed by atoms with E-state index in [0.717, 1.165) is 103 Å². The maximum Gasteiger partial charge on any atom is 0.173 e. The summed E-state index contributed by atoms with van der Waals surface area (Å²) in [6.07, 6.45) is 0. The molecule has 1 aromatic heterocycles. The molecule has 266 valence electrons. The van der Waals surface area contributed by atoms with Crippen molar-refractivity contribution in [2.24, 2.45) is 0 Å². The average molecular weight is 764 g/mol. The molecule has 0 saturated carbocycles. The first-order valence-electron chi connectivity index (χ1n) is 19.4. The fraction of sp³-hybridized carbons (Fsp3) is 0. The lowest BCUT2D eigenvalue weighted by molar-refractivity contribution is 0.593. The van der Waals surface area contributed by atoms with Crippen LogP contribution in [-0.4, -0.2) is 4.57 Å². The van der Waals surface area contributed by atoms with Crippen molar-refractivity contribution in [3.63, 3.8) is 0 Å². The van der Waals surface area contributed by atoms with E-state index in [9.17, 15) is 0 Å². The lowest BCUT2D eigenvalue weighted by atomic mass is 10.00. The smallest absolute Gasteiger partial charge is 0.173 e. The molecule has 10 aromatic carbocycles. The van der Waals surface area contributed by atoms with Crippen LogP contribution in [0.4, 0.5) is 0 Å². The Kier molecular flexibility index (Phi) is 6.16. The molecule has 0 N–H and O–H groups in total. The van der Waals surface area contributed by atoms with E-state index in [1.54, 1.807) is 0 Å². The third-order valence-electron chi connectivity index (χ3n) is 12.7. The summed E-state index contributed by atoms with van der Waals surface area (Å²) >= 11 is 0. The van der Waals surface area contributed by atoms with Crippen LogP contribution in [0.25, 0.3) is 81.7 Å². The highest BCUT2D eigenvalue weighted by Gasteiger charge is 2.53.